The van der Waals surface area contributed by atoms with E-state index in [0.29, 0.717) is 6.54 Å². The standard InChI is InChI=1S/C21H30N8OS.HI/c1-16-13-18(26-30-16)15-28-8-10-29(11-9-28)21(22-7-6-19-5-4-12-31-19)23-14-20-25-24-17(2)27(20)3;/h4-5,12-13H,6-11,14-15H2,1-3H3,(H,22,23);1H. The number of nitrogens with one attached hydrogen (secondary N) is 1. The van der Waals surface area contributed by atoms with E-state index in [9.17, 15) is 0 Å². The van der Waals surface area contributed by atoms with Gasteiger partial charge in [-0.2, -0.15) is 0 Å². The van der Waals surface area contributed by atoms with Crippen LogP contribution in [0.15, 0.2) is 33.1 Å². The second-order valence-corrected chi connectivity index (χ2v) is 8.84. The van der Waals surface area contributed by atoms with Gasteiger partial charge in [-0.1, -0.05) is 11.2 Å². The summed E-state index contributed by atoms with van der Waals surface area (Å²) in [6.07, 6.45) is 0.991. The van der Waals surface area contributed by atoms with Crippen molar-refractivity contribution in [3.05, 3.63) is 51.6 Å². The van der Waals surface area contributed by atoms with Crippen molar-refractivity contribution in [1.29, 1.82) is 0 Å². The summed E-state index contributed by atoms with van der Waals surface area (Å²) in [5, 5.41) is 18.2. The predicted molar refractivity (Wildman–Crippen MR) is 136 cm³/mol. The fourth-order valence-corrected chi connectivity index (χ4v) is 4.30. The van der Waals surface area contributed by atoms with Crippen LogP contribution in [0.1, 0.15) is 28.0 Å². The summed E-state index contributed by atoms with van der Waals surface area (Å²) in [5.74, 6) is 3.57. The highest BCUT2D eigenvalue weighted by atomic mass is 127. The minimum absolute atomic E-state index is 0. The smallest absolute Gasteiger partial charge is 0.194 e. The van der Waals surface area contributed by atoms with E-state index in [1.165, 1.54) is 4.88 Å². The molecule has 174 valence electrons. The number of hydrogen-bond donors (Lipinski definition) is 1. The summed E-state index contributed by atoms with van der Waals surface area (Å²) in [4.78, 5) is 11.0. The Morgan fingerprint density at radius 3 is 2.66 bits per heavy atom. The number of aromatic nitrogens is 4. The van der Waals surface area contributed by atoms with E-state index in [1.807, 2.05) is 31.5 Å². The maximum absolute atomic E-state index is 5.20. The monoisotopic (exact) mass is 570 g/mol. The van der Waals surface area contributed by atoms with Gasteiger partial charge >= 0.3 is 0 Å². The SMILES string of the molecule is Cc1cc(CN2CCN(C(=NCc3nnc(C)n3C)NCCc3cccs3)CC2)no1.I. The molecule has 0 amide bonds. The van der Waals surface area contributed by atoms with E-state index in [1.54, 1.807) is 11.3 Å². The lowest BCUT2D eigenvalue weighted by molar-refractivity contribution is 0.169. The molecule has 3 aromatic heterocycles. The maximum atomic E-state index is 5.20. The zero-order valence-corrected chi connectivity index (χ0v) is 22.0. The van der Waals surface area contributed by atoms with Crippen molar-refractivity contribution in [2.45, 2.75) is 33.4 Å². The Kier molecular flexibility index (Phi) is 9.05. The van der Waals surface area contributed by atoms with E-state index in [2.05, 4.69) is 48.0 Å². The lowest BCUT2D eigenvalue weighted by atomic mass is 10.3. The third kappa shape index (κ3) is 6.51. The molecule has 4 rings (SSSR count). The van der Waals surface area contributed by atoms with Crippen molar-refractivity contribution in [3.63, 3.8) is 0 Å². The Morgan fingerprint density at radius 2 is 2.03 bits per heavy atom. The number of aliphatic imine (C=N–C) groups is 1. The number of aryl methyl sites for hydroxylation is 2. The number of nitrogens with zero attached hydrogens (tertiary/aromatic N) is 7. The zero-order valence-electron chi connectivity index (χ0n) is 18.8. The molecule has 0 radical (unpaired) electrons. The lowest BCUT2D eigenvalue weighted by Gasteiger charge is -2.36. The summed E-state index contributed by atoms with van der Waals surface area (Å²) in [7, 11) is 1.98. The van der Waals surface area contributed by atoms with Crippen LogP contribution in [0.25, 0.3) is 0 Å². The average Bonchev–Trinajstić information content (AvgIpc) is 3.50. The first-order valence-electron chi connectivity index (χ1n) is 10.6. The highest BCUT2D eigenvalue weighted by Gasteiger charge is 2.21. The van der Waals surface area contributed by atoms with Crippen molar-refractivity contribution in [3.8, 4) is 0 Å². The zero-order chi connectivity index (χ0) is 21.6. The highest BCUT2D eigenvalue weighted by molar-refractivity contribution is 14.0. The van der Waals surface area contributed by atoms with Gasteiger partial charge in [-0.15, -0.1) is 45.5 Å². The Balaban J connectivity index is 0.00000289. The van der Waals surface area contributed by atoms with Gasteiger partial charge in [0.15, 0.2) is 11.8 Å². The van der Waals surface area contributed by atoms with Gasteiger partial charge in [-0.3, -0.25) is 4.90 Å². The van der Waals surface area contributed by atoms with Crippen molar-refractivity contribution in [2.24, 2.45) is 12.0 Å². The van der Waals surface area contributed by atoms with E-state index in [4.69, 9.17) is 9.52 Å². The molecule has 0 bridgehead atoms. The summed E-state index contributed by atoms with van der Waals surface area (Å²) in [6.45, 7) is 9.82. The molecule has 0 aliphatic carbocycles. The van der Waals surface area contributed by atoms with Crippen LogP contribution in [0.3, 0.4) is 0 Å². The second-order valence-electron chi connectivity index (χ2n) is 7.81. The fourth-order valence-electron chi connectivity index (χ4n) is 3.59. The fraction of sp³-hybridized carbons (Fsp3) is 0.524. The van der Waals surface area contributed by atoms with Gasteiger partial charge in [-0.25, -0.2) is 4.99 Å². The van der Waals surface area contributed by atoms with Gasteiger partial charge in [0.05, 0.1) is 5.69 Å². The summed E-state index contributed by atoms with van der Waals surface area (Å²) < 4.78 is 7.19. The van der Waals surface area contributed by atoms with Gasteiger partial charge in [0.2, 0.25) is 0 Å². The molecule has 32 heavy (non-hydrogen) atoms. The van der Waals surface area contributed by atoms with Crippen LogP contribution in [-0.4, -0.2) is 68.4 Å². The van der Waals surface area contributed by atoms with Gasteiger partial charge in [-0.05, 0) is 31.7 Å². The van der Waals surface area contributed by atoms with Crippen LogP contribution in [0.2, 0.25) is 0 Å². The van der Waals surface area contributed by atoms with E-state index >= 15 is 0 Å². The molecule has 1 fully saturated rings. The predicted octanol–water partition coefficient (Wildman–Crippen LogP) is 2.61. The van der Waals surface area contributed by atoms with Crippen molar-refractivity contribution >= 4 is 41.3 Å². The van der Waals surface area contributed by atoms with E-state index < -0.39 is 0 Å². The van der Waals surface area contributed by atoms with Crippen LogP contribution in [0, 0.1) is 13.8 Å². The first-order valence-corrected chi connectivity index (χ1v) is 11.5. The molecule has 1 aliphatic heterocycles. The molecule has 1 aliphatic rings. The molecule has 11 heteroatoms. The molecule has 0 spiro atoms. The van der Waals surface area contributed by atoms with Gasteiger partial charge in [0.1, 0.15) is 18.1 Å². The highest BCUT2D eigenvalue weighted by Crippen LogP contribution is 2.11. The molecule has 0 saturated carbocycles. The molecule has 4 heterocycles. The normalized spacial score (nSPS) is 15.1. The topological polar surface area (TPSA) is 87.6 Å². The summed E-state index contributed by atoms with van der Waals surface area (Å²) >= 11 is 1.79. The Hall–Kier alpha value is -1.99. The lowest BCUT2D eigenvalue weighted by Crippen LogP contribution is -2.52. The molecule has 0 atom stereocenters. The van der Waals surface area contributed by atoms with E-state index in [-0.39, 0.29) is 24.0 Å². The summed E-state index contributed by atoms with van der Waals surface area (Å²) in [5.41, 5.74) is 0.992. The molecular formula is C21H31IN8OS. The number of hydrogen-bond acceptors (Lipinski definition) is 7. The molecule has 3 aromatic rings. The molecule has 0 aromatic carbocycles. The van der Waals surface area contributed by atoms with Gasteiger partial charge in [0, 0.05) is 57.3 Å². The number of halogens is 1. The number of guanidine groups is 1. The summed E-state index contributed by atoms with van der Waals surface area (Å²) in [6, 6.07) is 6.28. The third-order valence-corrected chi connectivity index (χ3v) is 6.46. The minimum Gasteiger partial charge on any atom is -0.361 e. The van der Waals surface area contributed by atoms with Crippen LogP contribution in [-0.2, 0) is 26.6 Å². The van der Waals surface area contributed by atoms with Gasteiger partial charge < -0.3 is 19.3 Å². The first-order chi connectivity index (χ1) is 15.1. The largest absolute Gasteiger partial charge is 0.361 e. The second kappa shape index (κ2) is 11.8. The third-order valence-electron chi connectivity index (χ3n) is 5.52. The Bertz CT molecular complexity index is 992. The van der Waals surface area contributed by atoms with Crippen LogP contribution in [0.5, 0.6) is 0 Å². The maximum Gasteiger partial charge on any atom is 0.194 e. The van der Waals surface area contributed by atoms with Gasteiger partial charge in [0.25, 0.3) is 0 Å². The van der Waals surface area contributed by atoms with Crippen molar-refractivity contribution in [1.82, 2.24) is 35.0 Å². The molecule has 1 saturated heterocycles. The number of rotatable bonds is 7. The number of piperazine rings is 1. The average molecular weight is 571 g/mol. The van der Waals surface area contributed by atoms with Crippen molar-refractivity contribution < 1.29 is 4.52 Å². The molecule has 9 nitrogen and oxygen atoms in total. The molecular weight excluding hydrogens is 539 g/mol. The molecule has 1 N–H and O–H groups in total. The quantitative estimate of drug-likeness (QED) is 0.266. The van der Waals surface area contributed by atoms with Crippen LogP contribution >= 0.6 is 35.3 Å². The number of thiophene rings is 1. The van der Waals surface area contributed by atoms with Crippen LogP contribution in [0.4, 0.5) is 0 Å². The Labute approximate surface area is 209 Å². The van der Waals surface area contributed by atoms with Crippen LogP contribution < -0.4 is 5.32 Å². The van der Waals surface area contributed by atoms with Crippen molar-refractivity contribution in [2.75, 3.05) is 32.7 Å². The Morgan fingerprint density at radius 1 is 1.22 bits per heavy atom. The first kappa shape index (κ1) is 24.6. The molecule has 0 unspecified atom stereocenters. The van der Waals surface area contributed by atoms with E-state index in [0.717, 1.165) is 74.8 Å². The minimum atomic E-state index is 0.